The SMILES string of the molecule is COc1ccc(Cc2ncc(CN3CCN(c4ccccc4OC)CC3)c3cc(OC)c(OC)cc23)cc1OC. The van der Waals surface area contributed by atoms with Gasteiger partial charge in [-0.05, 0) is 52.9 Å². The molecule has 0 bridgehead atoms. The Balaban J connectivity index is 1.42. The maximum atomic E-state index is 5.68. The first-order valence-electron chi connectivity index (χ1n) is 13.4. The Morgan fingerprint density at radius 2 is 1.27 bits per heavy atom. The average Bonchev–Trinajstić information content (AvgIpc) is 3.01. The molecule has 8 nitrogen and oxygen atoms in total. The minimum absolute atomic E-state index is 0.643. The highest BCUT2D eigenvalue weighted by molar-refractivity contribution is 5.91. The number of piperazine rings is 1. The molecule has 4 aromatic rings. The molecule has 1 aromatic heterocycles. The average molecular weight is 544 g/mol. The van der Waals surface area contributed by atoms with Gasteiger partial charge in [-0.2, -0.15) is 0 Å². The number of rotatable bonds is 10. The molecule has 0 aliphatic carbocycles. The van der Waals surface area contributed by atoms with E-state index in [0.29, 0.717) is 29.4 Å². The van der Waals surface area contributed by atoms with Crippen molar-refractivity contribution in [2.24, 2.45) is 0 Å². The van der Waals surface area contributed by atoms with E-state index in [2.05, 4.69) is 28.0 Å². The summed E-state index contributed by atoms with van der Waals surface area (Å²) in [5.74, 6) is 3.72. The van der Waals surface area contributed by atoms with Crippen LogP contribution in [0.4, 0.5) is 5.69 Å². The molecule has 8 heteroatoms. The van der Waals surface area contributed by atoms with E-state index in [0.717, 1.165) is 71.8 Å². The van der Waals surface area contributed by atoms with Gasteiger partial charge in [-0.15, -0.1) is 0 Å². The Morgan fingerprint density at radius 1 is 0.650 bits per heavy atom. The van der Waals surface area contributed by atoms with Gasteiger partial charge >= 0.3 is 0 Å². The van der Waals surface area contributed by atoms with Crippen LogP contribution in [0, 0.1) is 0 Å². The molecule has 0 N–H and O–H groups in total. The van der Waals surface area contributed by atoms with Crippen LogP contribution in [0.3, 0.4) is 0 Å². The van der Waals surface area contributed by atoms with Crippen LogP contribution in [-0.2, 0) is 13.0 Å². The van der Waals surface area contributed by atoms with Crippen molar-refractivity contribution in [3.63, 3.8) is 0 Å². The van der Waals surface area contributed by atoms with Crippen molar-refractivity contribution in [2.45, 2.75) is 13.0 Å². The molecule has 2 heterocycles. The highest BCUT2D eigenvalue weighted by atomic mass is 16.5. The molecular formula is C32H37N3O5. The van der Waals surface area contributed by atoms with Gasteiger partial charge in [0.05, 0.1) is 46.9 Å². The van der Waals surface area contributed by atoms with Crippen molar-refractivity contribution in [1.82, 2.24) is 9.88 Å². The zero-order valence-corrected chi connectivity index (χ0v) is 23.9. The number of benzene rings is 3. The van der Waals surface area contributed by atoms with Gasteiger partial charge < -0.3 is 28.6 Å². The van der Waals surface area contributed by atoms with E-state index in [4.69, 9.17) is 28.7 Å². The number of hydrogen-bond donors (Lipinski definition) is 0. The molecule has 1 fully saturated rings. The molecule has 1 saturated heterocycles. The van der Waals surface area contributed by atoms with E-state index < -0.39 is 0 Å². The van der Waals surface area contributed by atoms with Crippen LogP contribution in [0.15, 0.2) is 60.8 Å². The topological polar surface area (TPSA) is 65.5 Å². The van der Waals surface area contributed by atoms with E-state index in [1.54, 1.807) is 35.5 Å². The first-order chi connectivity index (χ1) is 19.6. The van der Waals surface area contributed by atoms with Gasteiger partial charge in [-0.1, -0.05) is 18.2 Å². The quantitative estimate of drug-likeness (QED) is 0.271. The Morgan fingerprint density at radius 3 is 1.95 bits per heavy atom. The van der Waals surface area contributed by atoms with Crippen LogP contribution in [0.5, 0.6) is 28.7 Å². The van der Waals surface area contributed by atoms with E-state index >= 15 is 0 Å². The van der Waals surface area contributed by atoms with Gasteiger partial charge in [-0.3, -0.25) is 9.88 Å². The number of nitrogens with zero attached hydrogens (tertiary/aromatic N) is 3. The van der Waals surface area contributed by atoms with Crippen molar-refractivity contribution < 1.29 is 23.7 Å². The maximum Gasteiger partial charge on any atom is 0.161 e. The van der Waals surface area contributed by atoms with E-state index in [-0.39, 0.29) is 0 Å². The Bertz CT molecular complexity index is 1470. The molecule has 3 aromatic carbocycles. The minimum atomic E-state index is 0.643. The summed E-state index contributed by atoms with van der Waals surface area (Å²) in [5.41, 5.74) is 4.36. The molecule has 0 atom stereocenters. The van der Waals surface area contributed by atoms with Crippen LogP contribution in [0.2, 0.25) is 0 Å². The molecule has 40 heavy (non-hydrogen) atoms. The summed E-state index contributed by atoms with van der Waals surface area (Å²) in [6.45, 7) is 4.55. The normalized spacial score (nSPS) is 13.8. The Hall–Kier alpha value is -4.17. The second-order valence-electron chi connectivity index (χ2n) is 9.78. The summed E-state index contributed by atoms with van der Waals surface area (Å²) in [5, 5.41) is 2.17. The van der Waals surface area contributed by atoms with E-state index in [9.17, 15) is 0 Å². The second kappa shape index (κ2) is 12.3. The van der Waals surface area contributed by atoms with Crippen LogP contribution in [-0.4, -0.2) is 71.6 Å². The zero-order chi connectivity index (χ0) is 28.1. The molecule has 0 saturated carbocycles. The summed E-state index contributed by atoms with van der Waals surface area (Å²) in [4.78, 5) is 9.83. The summed E-state index contributed by atoms with van der Waals surface area (Å²) in [7, 11) is 8.36. The third-order valence-electron chi connectivity index (χ3n) is 7.57. The number of anilines is 1. The molecule has 0 radical (unpaired) electrons. The molecule has 210 valence electrons. The summed E-state index contributed by atoms with van der Waals surface area (Å²) < 4.78 is 27.9. The summed E-state index contributed by atoms with van der Waals surface area (Å²) in [6.07, 6.45) is 2.65. The lowest BCUT2D eigenvalue weighted by atomic mass is 9.99. The van der Waals surface area contributed by atoms with Crippen LogP contribution in [0.1, 0.15) is 16.8 Å². The number of pyridine rings is 1. The van der Waals surface area contributed by atoms with Crippen molar-refractivity contribution in [1.29, 1.82) is 0 Å². The monoisotopic (exact) mass is 543 g/mol. The molecule has 1 aliphatic rings. The molecule has 0 amide bonds. The van der Waals surface area contributed by atoms with E-state index in [1.165, 1.54) is 0 Å². The predicted molar refractivity (Wildman–Crippen MR) is 158 cm³/mol. The lowest BCUT2D eigenvalue weighted by Crippen LogP contribution is -2.46. The van der Waals surface area contributed by atoms with Gasteiger partial charge in [0, 0.05) is 50.7 Å². The highest BCUT2D eigenvalue weighted by Crippen LogP contribution is 2.37. The molecule has 1 aliphatic heterocycles. The molecule has 5 rings (SSSR count). The van der Waals surface area contributed by atoms with Gasteiger partial charge in [0.25, 0.3) is 0 Å². The second-order valence-corrected chi connectivity index (χ2v) is 9.78. The zero-order valence-electron chi connectivity index (χ0n) is 23.9. The molecule has 0 spiro atoms. The van der Waals surface area contributed by atoms with Crippen LogP contribution < -0.4 is 28.6 Å². The highest BCUT2D eigenvalue weighted by Gasteiger charge is 2.22. The first kappa shape index (κ1) is 27.4. The van der Waals surface area contributed by atoms with Crippen LogP contribution >= 0.6 is 0 Å². The number of fused-ring (bicyclic) bond motifs is 1. The first-order valence-corrected chi connectivity index (χ1v) is 13.4. The number of ether oxygens (including phenoxy) is 5. The largest absolute Gasteiger partial charge is 0.495 e. The number of hydrogen-bond acceptors (Lipinski definition) is 8. The number of aromatic nitrogens is 1. The third kappa shape index (κ3) is 5.58. The molecule has 0 unspecified atom stereocenters. The van der Waals surface area contributed by atoms with Gasteiger partial charge in [-0.25, -0.2) is 0 Å². The number of para-hydroxylation sites is 2. The van der Waals surface area contributed by atoms with Crippen molar-refractivity contribution in [3.8, 4) is 28.7 Å². The van der Waals surface area contributed by atoms with Crippen LogP contribution in [0.25, 0.3) is 10.8 Å². The number of methoxy groups -OCH3 is 5. The van der Waals surface area contributed by atoms with Gasteiger partial charge in [0.15, 0.2) is 23.0 Å². The van der Waals surface area contributed by atoms with Crippen molar-refractivity contribution >= 4 is 16.5 Å². The maximum absolute atomic E-state index is 5.68. The fourth-order valence-electron chi connectivity index (χ4n) is 5.41. The standard InChI is InChI=1S/C32H37N3O5/c1-36-28-9-7-6-8-27(28)35-14-12-34(13-15-35)21-23-20-33-26(16-22-10-11-29(37-2)30(17-22)38-3)25-19-32(40-5)31(39-4)18-24(23)25/h6-11,17-20H,12-16,21H2,1-5H3. The fourth-order valence-corrected chi connectivity index (χ4v) is 5.41. The van der Waals surface area contributed by atoms with Crippen molar-refractivity contribution in [2.75, 3.05) is 66.6 Å². The van der Waals surface area contributed by atoms with Gasteiger partial charge in [0.2, 0.25) is 0 Å². The Labute approximate surface area is 236 Å². The predicted octanol–water partition coefficient (Wildman–Crippen LogP) is 5.19. The fraction of sp³-hybridized carbons (Fsp3) is 0.344. The van der Waals surface area contributed by atoms with Crippen molar-refractivity contribution in [3.05, 3.63) is 77.6 Å². The lowest BCUT2D eigenvalue weighted by molar-refractivity contribution is 0.249. The Kier molecular flexibility index (Phi) is 8.45. The smallest absolute Gasteiger partial charge is 0.161 e. The lowest BCUT2D eigenvalue weighted by Gasteiger charge is -2.36. The molecular weight excluding hydrogens is 506 g/mol. The minimum Gasteiger partial charge on any atom is -0.495 e. The van der Waals surface area contributed by atoms with E-state index in [1.807, 2.05) is 42.6 Å². The summed E-state index contributed by atoms with van der Waals surface area (Å²) >= 11 is 0. The summed E-state index contributed by atoms with van der Waals surface area (Å²) in [6, 6.07) is 18.3. The van der Waals surface area contributed by atoms with Gasteiger partial charge in [0.1, 0.15) is 5.75 Å². The third-order valence-corrected chi connectivity index (χ3v) is 7.57.